The summed E-state index contributed by atoms with van der Waals surface area (Å²) >= 11 is 0. The summed E-state index contributed by atoms with van der Waals surface area (Å²) in [6.07, 6.45) is 1.65. The summed E-state index contributed by atoms with van der Waals surface area (Å²) in [4.78, 5) is 16.4. The van der Waals surface area contributed by atoms with Gasteiger partial charge in [0.25, 0.3) is 0 Å². The molecule has 0 unspecified atom stereocenters. The van der Waals surface area contributed by atoms with Gasteiger partial charge in [0.1, 0.15) is 18.2 Å². The Morgan fingerprint density at radius 2 is 1.94 bits per heavy atom. The van der Waals surface area contributed by atoms with E-state index in [-0.39, 0.29) is 36.0 Å². The van der Waals surface area contributed by atoms with Crippen molar-refractivity contribution in [1.82, 2.24) is 4.98 Å². The zero-order chi connectivity index (χ0) is 22.2. The Labute approximate surface area is 177 Å². The summed E-state index contributed by atoms with van der Waals surface area (Å²) in [6.45, 7) is 0.755. The summed E-state index contributed by atoms with van der Waals surface area (Å²) in [6, 6.07) is 8.23. The van der Waals surface area contributed by atoms with Gasteiger partial charge in [0.15, 0.2) is 23.1 Å². The van der Waals surface area contributed by atoms with Gasteiger partial charge in [-0.1, -0.05) is 0 Å². The van der Waals surface area contributed by atoms with Gasteiger partial charge in [0.2, 0.25) is 5.91 Å². The highest BCUT2D eigenvalue weighted by molar-refractivity contribution is 5.91. The molecule has 0 spiro atoms. The topological polar surface area (TPSA) is 82.8 Å². The maximum absolute atomic E-state index is 13.9. The Morgan fingerprint density at radius 3 is 2.68 bits per heavy atom. The van der Waals surface area contributed by atoms with E-state index < -0.39 is 11.6 Å². The van der Waals surface area contributed by atoms with Gasteiger partial charge in [0.05, 0.1) is 25.5 Å². The SMILES string of the molecule is COCCOc1cc(NC(=O)CCc2ncc(-c3ccc(F)cc3F)o2)ccc1OC. The third-order valence-corrected chi connectivity index (χ3v) is 4.31. The molecule has 9 heteroatoms. The Bertz CT molecular complexity index is 1040. The van der Waals surface area contributed by atoms with Gasteiger partial charge in [-0.05, 0) is 24.3 Å². The van der Waals surface area contributed by atoms with Crippen molar-refractivity contribution in [1.29, 1.82) is 0 Å². The van der Waals surface area contributed by atoms with Crippen LogP contribution in [0.15, 0.2) is 47.0 Å². The average Bonchev–Trinajstić information content (AvgIpc) is 3.21. The van der Waals surface area contributed by atoms with Crippen LogP contribution in [0.25, 0.3) is 11.3 Å². The molecule has 3 rings (SSSR count). The molecule has 1 amide bonds. The van der Waals surface area contributed by atoms with Crippen molar-refractivity contribution in [3.8, 4) is 22.8 Å². The lowest BCUT2D eigenvalue weighted by atomic mass is 10.2. The molecule has 164 valence electrons. The number of benzene rings is 2. The van der Waals surface area contributed by atoms with Crippen LogP contribution in [0.4, 0.5) is 14.5 Å². The van der Waals surface area contributed by atoms with E-state index in [1.807, 2.05) is 0 Å². The molecule has 3 aromatic rings. The van der Waals surface area contributed by atoms with Crippen LogP contribution in [0.5, 0.6) is 11.5 Å². The minimum absolute atomic E-state index is 0.0950. The van der Waals surface area contributed by atoms with Crippen molar-refractivity contribution in [2.24, 2.45) is 0 Å². The van der Waals surface area contributed by atoms with Crippen molar-refractivity contribution < 1.29 is 32.2 Å². The molecule has 0 aliphatic rings. The first-order valence-corrected chi connectivity index (χ1v) is 9.50. The third-order valence-electron chi connectivity index (χ3n) is 4.31. The number of anilines is 1. The maximum atomic E-state index is 13.9. The molecule has 0 radical (unpaired) electrons. The van der Waals surface area contributed by atoms with Gasteiger partial charge in [-0.2, -0.15) is 0 Å². The molecule has 0 aliphatic carbocycles. The standard InChI is InChI=1S/C22H22F2N2O5/c1-28-9-10-30-19-12-15(4-6-18(19)29-2)26-21(27)7-8-22-25-13-20(31-22)16-5-3-14(23)11-17(16)24/h3-6,11-13H,7-10H2,1-2H3,(H,26,27). The molecule has 7 nitrogen and oxygen atoms in total. The highest BCUT2D eigenvalue weighted by Gasteiger charge is 2.14. The van der Waals surface area contributed by atoms with E-state index in [1.165, 1.54) is 19.4 Å². The summed E-state index contributed by atoms with van der Waals surface area (Å²) in [7, 11) is 3.10. The zero-order valence-electron chi connectivity index (χ0n) is 17.1. The summed E-state index contributed by atoms with van der Waals surface area (Å²) in [5.41, 5.74) is 0.642. The van der Waals surface area contributed by atoms with Gasteiger partial charge in [-0.25, -0.2) is 13.8 Å². The molecule has 2 aromatic carbocycles. The first-order valence-electron chi connectivity index (χ1n) is 9.50. The monoisotopic (exact) mass is 432 g/mol. The Kier molecular flexibility index (Phi) is 7.55. The van der Waals surface area contributed by atoms with Crippen LogP contribution in [0, 0.1) is 11.6 Å². The van der Waals surface area contributed by atoms with E-state index in [4.69, 9.17) is 18.6 Å². The van der Waals surface area contributed by atoms with E-state index in [0.717, 1.165) is 12.1 Å². The lowest BCUT2D eigenvalue weighted by Gasteiger charge is -2.12. The molecule has 0 fully saturated rings. The number of rotatable bonds is 10. The number of hydrogen-bond acceptors (Lipinski definition) is 6. The number of nitrogens with zero attached hydrogens (tertiary/aromatic N) is 1. The second-order valence-electron chi connectivity index (χ2n) is 6.50. The molecule has 1 N–H and O–H groups in total. The summed E-state index contributed by atoms with van der Waals surface area (Å²) in [5, 5.41) is 2.77. The Morgan fingerprint density at radius 1 is 1.10 bits per heavy atom. The number of carbonyl (C=O) groups excluding carboxylic acids is 1. The number of hydrogen-bond donors (Lipinski definition) is 1. The average molecular weight is 432 g/mol. The van der Waals surface area contributed by atoms with Crippen LogP contribution in [0.1, 0.15) is 12.3 Å². The molecular formula is C22H22F2N2O5. The lowest BCUT2D eigenvalue weighted by molar-refractivity contribution is -0.116. The fourth-order valence-corrected chi connectivity index (χ4v) is 2.79. The van der Waals surface area contributed by atoms with Crippen molar-refractivity contribution in [2.45, 2.75) is 12.8 Å². The van der Waals surface area contributed by atoms with Crippen LogP contribution in [-0.4, -0.2) is 38.3 Å². The minimum atomic E-state index is -0.747. The molecule has 31 heavy (non-hydrogen) atoms. The lowest BCUT2D eigenvalue weighted by Crippen LogP contribution is -2.13. The minimum Gasteiger partial charge on any atom is -0.493 e. The molecule has 0 bridgehead atoms. The number of aromatic nitrogens is 1. The Hall–Kier alpha value is -3.46. The quantitative estimate of drug-likeness (QED) is 0.483. The number of oxazole rings is 1. The maximum Gasteiger partial charge on any atom is 0.224 e. The van der Waals surface area contributed by atoms with Crippen molar-refractivity contribution >= 4 is 11.6 Å². The molecule has 1 heterocycles. The van der Waals surface area contributed by atoms with Gasteiger partial charge >= 0.3 is 0 Å². The molecule has 0 saturated carbocycles. The van der Waals surface area contributed by atoms with Crippen LogP contribution in [0.3, 0.4) is 0 Å². The predicted molar refractivity (Wildman–Crippen MR) is 109 cm³/mol. The van der Waals surface area contributed by atoms with E-state index >= 15 is 0 Å². The van der Waals surface area contributed by atoms with E-state index in [2.05, 4.69) is 10.3 Å². The fraction of sp³-hybridized carbons (Fsp3) is 0.273. The third kappa shape index (κ3) is 6.02. The van der Waals surface area contributed by atoms with Gasteiger partial charge in [0, 0.05) is 37.8 Å². The van der Waals surface area contributed by atoms with Gasteiger partial charge < -0.3 is 23.9 Å². The summed E-state index contributed by atoms with van der Waals surface area (Å²) < 4.78 is 48.2. The van der Waals surface area contributed by atoms with Gasteiger partial charge in [-0.15, -0.1) is 0 Å². The number of methoxy groups -OCH3 is 2. The van der Waals surface area contributed by atoms with Crippen LogP contribution >= 0.6 is 0 Å². The van der Waals surface area contributed by atoms with Crippen LogP contribution in [0.2, 0.25) is 0 Å². The highest BCUT2D eigenvalue weighted by atomic mass is 19.1. The second-order valence-corrected chi connectivity index (χ2v) is 6.50. The zero-order valence-corrected chi connectivity index (χ0v) is 17.1. The van der Waals surface area contributed by atoms with Crippen LogP contribution in [-0.2, 0) is 16.0 Å². The molecule has 0 aliphatic heterocycles. The molecule has 1 aromatic heterocycles. The Balaban J connectivity index is 1.58. The van der Waals surface area contributed by atoms with E-state index in [1.54, 1.807) is 25.3 Å². The number of ether oxygens (including phenoxy) is 3. The fourth-order valence-electron chi connectivity index (χ4n) is 2.79. The second kappa shape index (κ2) is 10.5. The number of amides is 1. The van der Waals surface area contributed by atoms with Crippen LogP contribution < -0.4 is 14.8 Å². The number of nitrogens with one attached hydrogen (secondary N) is 1. The largest absolute Gasteiger partial charge is 0.493 e. The number of halogens is 2. The van der Waals surface area contributed by atoms with Crippen molar-refractivity contribution in [2.75, 3.05) is 32.8 Å². The summed E-state index contributed by atoms with van der Waals surface area (Å²) in [5.74, 6) is -0.230. The molecule has 0 atom stereocenters. The number of carbonyl (C=O) groups is 1. The van der Waals surface area contributed by atoms with Crippen molar-refractivity contribution in [3.63, 3.8) is 0 Å². The predicted octanol–water partition coefficient (Wildman–Crippen LogP) is 4.22. The first-order chi connectivity index (χ1) is 15.0. The van der Waals surface area contributed by atoms with Gasteiger partial charge in [-0.3, -0.25) is 4.79 Å². The van der Waals surface area contributed by atoms with E-state index in [0.29, 0.717) is 30.4 Å². The number of aryl methyl sites for hydroxylation is 1. The molecular weight excluding hydrogens is 410 g/mol. The molecule has 0 saturated heterocycles. The highest BCUT2D eigenvalue weighted by Crippen LogP contribution is 2.30. The normalized spacial score (nSPS) is 10.7. The first kappa shape index (κ1) is 22.2. The smallest absolute Gasteiger partial charge is 0.224 e. The van der Waals surface area contributed by atoms with Crippen molar-refractivity contribution in [3.05, 3.63) is 60.1 Å². The van der Waals surface area contributed by atoms with E-state index in [9.17, 15) is 13.6 Å².